The molecular formula is C29H34N2O3. The zero-order chi connectivity index (χ0) is 23.4. The van der Waals surface area contributed by atoms with Crippen LogP contribution in [0, 0.1) is 5.92 Å². The Kier molecular flexibility index (Phi) is 6.82. The molecule has 2 aliphatic heterocycles. The van der Waals surface area contributed by atoms with Crippen molar-refractivity contribution in [2.75, 3.05) is 33.4 Å². The number of hydrogen-bond donors (Lipinski definition) is 0. The number of carbonyl (C=O) groups excluding carboxylic acids is 1. The minimum absolute atomic E-state index is 0.274. The van der Waals surface area contributed by atoms with E-state index in [9.17, 15) is 4.79 Å². The van der Waals surface area contributed by atoms with Crippen LogP contribution in [0.4, 0.5) is 0 Å². The van der Waals surface area contributed by atoms with E-state index in [0.717, 1.165) is 68.4 Å². The first-order chi connectivity index (χ1) is 16.7. The summed E-state index contributed by atoms with van der Waals surface area (Å²) in [5.41, 5.74) is 3.03. The molecule has 2 saturated heterocycles. The van der Waals surface area contributed by atoms with Crippen LogP contribution in [0.15, 0.2) is 60.8 Å². The Bertz CT molecular complexity index is 1120. The van der Waals surface area contributed by atoms with E-state index in [2.05, 4.69) is 46.3 Å². The third kappa shape index (κ3) is 4.54. The maximum Gasteiger partial charge on any atom is 0.233 e. The zero-order valence-electron chi connectivity index (χ0n) is 20.0. The number of ether oxygens (including phenoxy) is 2. The van der Waals surface area contributed by atoms with Gasteiger partial charge in [0.2, 0.25) is 5.91 Å². The molecule has 1 aromatic heterocycles. The Balaban J connectivity index is 1.32. The van der Waals surface area contributed by atoms with E-state index in [4.69, 9.17) is 9.47 Å². The van der Waals surface area contributed by atoms with Gasteiger partial charge in [0, 0.05) is 37.9 Å². The molecule has 0 N–H and O–H groups in total. The van der Waals surface area contributed by atoms with E-state index in [1.165, 1.54) is 10.9 Å². The first-order valence-electron chi connectivity index (χ1n) is 12.5. The minimum Gasteiger partial charge on any atom is -0.497 e. The molecule has 0 aliphatic carbocycles. The van der Waals surface area contributed by atoms with Gasteiger partial charge in [-0.2, -0.15) is 0 Å². The van der Waals surface area contributed by atoms with Crippen molar-refractivity contribution in [3.05, 3.63) is 71.9 Å². The van der Waals surface area contributed by atoms with Gasteiger partial charge < -0.3 is 14.4 Å². The average Bonchev–Trinajstić information content (AvgIpc) is 3.14. The standard InChI is InChI=1S/C29H34N2O3/c1-33-25-11-9-24(10-12-25)29(14-19-34-20-15-29)28(32)31-17-4-5-22(13-18-31)21-23-6-2-8-27-26(23)7-3-16-30-27/h2-3,6-12,16,22H,4-5,13-15,17-21H2,1H3/t22-/m1/s1. The maximum atomic E-state index is 14.1. The van der Waals surface area contributed by atoms with Crippen LogP contribution in [0.5, 0.6) is 5.75 Å². The smallest absolute Gasteiger partial charge is 0.233 e. The summed E-state index contributed by atoms with van der Waals surface area (Å²) in [7, 11) is 1.67. The Morgan fingerprint density at radius 1 is 1.06 bits per heavy atom. The van der Waals surface area contributed by atoms with Crippen molar-refractivity contribution < 1.29 is 14.3 Å². The second-order valence-corrected chi connectivity index (χ2v) is 9.70. The number of benzene rings is 2. The minimum atomic E-state index is -0.494. The highest BCUT2D eigenvalue weighted by Gasteiger charge is 2.44. The summed E-state index contributed by atoms with van der Waals surface area (Å²) in [6, 6.07) is 18.7. The molecule has 2 aliphatic rings. The lowest BCUT2D eigenvalue weighted by Gasteiger charge is -2.40. The van der Waals surface area contributed by atoms with Gasteiger partial charge in [0.05, 0.1) is 18.0 Å². The first kappa shape index (κ1) is 22.9. The van der Waals surface area contributed by atoms with Crippen LogP contribution in [0.1, 0.15) is 43.2 Å². The van der Waals surface area contributed by atoms with Crippen LogP contribution in [0.3, 0.4) is 0 Å². The number of methoxy groups -OCH3 is 1. The first-order valence-corrected chi connectivity index (χ1v) is 12.5. The van der Waals surface area contributed by atoms with Crippen LogP contribution in [-0.2, 0) is 21.4 Å². The Morgan fingerprint density at radius 3 is 2.68 bits per heavy atom. The highest BCUT2D eigenvalue weighted by molar-refractivity contribution is 5.88. The molecule has 178 valence electrons. The molecule has 5 rings (SSSR count). The van der Waals surface area contributed by atoms with Crippen LogP contribution in [-0.4, -0.2) is 49.2 Å². The van der Waals surface area contributed by atoms with E-state index < -0.39 is 5.41 Å². The number of fused-ring (bicyclic) bond motifs is 1. The molecule has 1 amide bonds. The molecule has 0 bridgehead atoms. The number of nitrogens with zero attached hydrogens (tertiary/aromatic N) is 2. The van der Waals surface area contributed by atoms with Crippen LogP contribution < -0.4 is 4.74 Å². The fraction of sp³-hybridized carbons (Fsp3) is 0.448. The van der Waals surface area contributed by atoms with Gasteiger partial charge >= 0.3 is 0 Å². The molecule has 3 aromatic rings. The summed E-state index contributed by atoms with van der Waals surface area (Å²) in [5.74, 6) is 1.67. The average molecular weight is 459 g/mol. The van der Waals surface area contributed by atoms with Gasteiger partial charge in [0.1, 0.15) is 5.75 Å². The van der Waals surface area contributed by atoms with Gasteiger partial charge in [0.15, 0.2) is 0 Å². The second kappa shape index (κ2) is 10.1. The third-order valence-electron chi connectivity index (χ3n) is 7.78. The van der Waals surface area contributed by atoms with Crippen LogP contribution >= 0.6 is 0 Å². The topological polar surface area (TPSA) is 51.7 Å². The summed E-state index contributed by atoms with van der Waals surface area (Å²) in [6.45, 7) is 2.92. The molecule has 0 spiro atoms. The number of rotatable bonds is 5. The number of amides is 1. The van der Waals surface area contributed by atoms with Crippen molar-refractivity contribution >= 4 is 16.8 Å². The van der Waals surface area contributed by atoms with E-state index in [1.807, 2.05) is 24.4 Å². The van der Waals surface area contributed by atoms with E-state index in [1.54, 1.807) is 7.11 Å². The summed E-state index contributed by atoms with van der Waals surface area (Å²) >= 11 is 0. The van der Waals surface area contributed by atoms with Gasteiger partial charge in [-0.1, -0.05) is 30.3 Å². The molecule has 0 radical (unpaired) electrons. The summed E-state index contributed by atoms with van der Waals surface area (Å²) < 4.78 is 11.0. The van der Waals surface area contributed by atoms with Crippen molar-refractivity contribution in [2.45, 2.75) is 43.9 Å². The fourth-order valence-electron chi connectivity index (χ4n) is 5.79. The summed E-state index contributed by atoms with van der Waals surface area (Å²) in [4.78, 5) is 20.7. The quantitative estimate of drug-likeness (QED) is 0.530. The van der Waals surface area contributed by atoms with Gasteiger partial charge in [-0.15, -0.1) is 0 Å². The zero-order valence-corrected chi connectivity index (χ0v) is 20.0. The Hall–Kier alpha value is -2.92. The van der Waals surface area contributed by atoms with E-state index in [-0.39, 0.29) is 5.91 Å². The number of pyridine rings is 1. The SMILES string of the molecule is COc1ccc(C2(C(=O)N3CCC[C@@H](Cc4cccc5ncccc45)CC3)CCOCC2)cc1. The number of hydrogen-bond acceptors (Lipinski definition) is 4. The van der Waals surface area contributed by atoms with Gasteiger partial charge in [-0.3, -0.25) is 9.78 Å². The maximum absolute atomic E-state index is 14.1. The number of aromatic nitrogens is 1. The Labute approximate surface area is 202 Å². The highest BCUT2D eigenvalue weighted by Crippen LogP contribution is 2.38. The lowest BCUT2D eigenvalue weighted by atomic mass is 9.73. The van der Waals surface area contributed by atoms with Crippen molar-refractivity contribution in [1.82, 2.24) is 9.88 Å². The van der Waals surface area contributed by atoms with Crippen LogP contribution in [0.2, 0.25) is 0 Å². The molecule has 34 heavy (non-hydrogen) atoms. The third-order valence-corrected chi connectivity index (χ3v) is 7.78. The molecular weight excluding hydrogens is 424 g/mol. The molecule has 0 unspecified atom stereocenters. The normalized spacial score (nSPS) is 20.6. The largest absolute Gasteiger partial charge is 0.497 e. The van der Waals surface area contributed by atoms with Gasteiger partial charge in [-0.05, 0) is 79.8 Å². The molecule has 1 atom stereocenters. The molecule has 2 aromatic carbocycles. The highest BCUT2D eigenvalue weighted by atomic mass is 16.5. The van der Waals surface area contributed by atoms with Gasteiger partial charge in [-0.25, -0.2) is 0 Å². The Morgan fingerprint density at radius 2 is 1.88 bits per heavy atom. The lowest BCUT2D eigenvalue weighted by molar-refractivity contribution is -0.141. The van der Waals surface area contributed by atoms with Crippen LogP contribution in [0.25, 0.3) is 10.9 Å². The predicted molar refractivity (Wildman–Crippen MR) is 134 cm³/mol. The second-order valence-electron chi connectivity index (χ2n) is 9.70. The molecule has 0 saturated carbocycles. The monoisotopic (exact) mass is 458 g/mol. The lowest BCUT2D eigenvalue weighted by Crippen LogP contribution is -2.50. The predicted octanol–water partition coefficient (Wildman–Crippen LogP) is 5.16. The summed E-state index contributed by atoms with van der Waals surface area (Å²) in [5, 5.41) is 1.25. The van der Waals surface area contributed by atoms with Gasteiger partial charge in [0.25, 0.3) is 0 Å². The van der Waals surface area contributed by atoms with Crippen molar-refractivity contribution in [1.29, 1.82) is 0 Å². The van der Waals surface area contributed by atoms with Crippen molar-refractivity contribution in [2.24, 2.45) is 5.92 Å². The fourth-order valence-corrected chi connectivity index (χ4v) is 5.79. The van der Waals surface area contributed by atoms with Crippen molar-refractivity contribution in [3.63, 3.8) is 0 Å². The van der Waals surface area contributed by atoms with E-state index in [0.29, 0.717) is 19.1 Å². The molecule has 2 fully saturated rings. The summed E-state index contributed by atoms with van der Waals surface area (Å²) in [6.07, 6.45) is 7.62. The molecule has 3 heterocycles. The van der Waals surface area contributed by atoms with Crippen molar-refractivity contribution in [3.8, 4) is 5.75 Å². The molecule has 5 nitrogen and oxygen atoms in total. The molecule has 5 heteroatoms. The number of carbonyl (C=O) groups is 1. The van der Waals surface area contributed by atoms with E-state index >= 15 is 0 Å². The number of likely N-dealkylation sites (tertiary alicyclic amines) is 1.